The highest BCUT2D eigenvalue weighted by molar-refractivity contribution is 5.83. The van der Waals surface area contributed by atoms with Gasteiger partial charge in [0.2, 0.25) is 0 Å². The van der Waals surface area contributed by atoms with E-state index in [0.717, 1.165) is 19.3 Å². The second-order valence-corrected chi connectivity index (χ2v) is 3.58. The van der Waals surface area contributed by atoms with Crippen LogP contribution in [0, 0.1) is 5.92 Å². The van der Waals surface area contributed by atoms with Crippen molar-refractivity contribution in [3.8, 4) is 0 Å². The second kappa shape index (κ2) is 6.18. The van der Waals surface area contributed by atoms with E-state index in [0.29, 0.717) is 12.3 Å². The van der Waals surface area contributed by atoms with Gasteiger partial charge in [-0.2, -0.15) is 0 Å². The summed E-state index contributed by atoms with van der Waals surface area (Å²) < 4.78 is 0. The Morgan fingerprint density at radius 2 is 2.00 bits per heavy atom. The minimum atomic E-state index is -0.219. The normalized spacial score (nSPS) is 15.7. The summed E-state index contributed by atoms with van der Waals surface area (Å²) >= 11 is 0. The molecule has 0 saturated heterocycles. The first-order chi connectivity index (χ1) is 5.61. The Labute approximate surface area is 75.5 Å². The van der Waals surface area contributed by atoms with E-state index < -0.39 is 0 Å². The maximum atomic E-state index is 11.4. The lowest BCUT2D eigenvalue weighted by Gasteiger charge is -2.12. The smallest absolute Gasteiger partial charge is 0.149 e. The van der Waals surface area contributed by atoms with Gasteiger partial charge in [0.15, 0.2) is 0 Å². The standard InChI is InChI=1S/C10H21NO/c1-4-6-9(11)10(12)7-8(3)5-2/h8-9H,4-7,11H2,1-3H3. The van der Waals surface area contributed by atoms with Crippen molar-refractivity contribution in [1.82, 2.24) is 0 Å². The predicted molar refractivity (Wildman–Crippen MR) is 52.0 cm³/mol. The SMILES string of the molecule is CCCC(N)C(=O)CC(C)CC. The third-order valence-electron chi connectivity index (χ3n) is 2.26. The highest BCUT2D eigenvalue weighted by Gasteiger charge is 2.14. The van der Waals surface area contributed by atoms with Crippen molar-refractivity contribution in [1.29, 1.82) is 0 Å². The molecular weight excluding hydrogens is 150 g/mol. The fraction of sp³-hybridized carbons (Fsp3) is 0.900. The molecule has 0 aliphatic heterocycles. The van der Waals surface area contributed by atoms with Gasteiger partial charge < -0.3 is 5.73 Å². The Balaban J connectivity index is 3.70. The molecule has 2 heteroatoms. The molecule has 0 bridgehead atoms. The van der Waals surface area contributed by atoms with Crippen LogP contribution in [0.3, 0.4) is 0 Å². The summed E-state index contributed by atoms with van der Waals surface area (Å²) in [5.41, 5.74) is 5.68. The van der Waals surface area contributed by atoms with Crippen molar-refractivity contribution in [3.05, 3.63) is 0 Å². The molecule has 0 aliphatic carbocycles. The molecule has 2 nitrogen and oxygen atoms in total. The van der Waals surface area contributed by atoms with Gasteiger partial charge in [-0.1, -0.05) is 33.6 Å². The van der Waals surface area contributed by atoms with Crippen molar-refractivity contribution in [3.63, 3.8) is 0 Å². The Hall–Kier alpha value is -0.370. The van der Waals surface area contributed by atoms with Crippen LogP contribution in [0.25, 0.3) is 0 Å². The van der Waals surface area contributed by atoms with Crippen molar-refractivity contribution in [2.24, 2.45) is 11.7 Å². The largest absolute Gasteiger partial charge is 0.322 e. The van der Waals surface area contributed by atoms with Gasteiger partial charge in [0.25, 0.3) is 0 Å². The highest BCUT2D eigenvalue weighted by Crippen LogP contribution is 2.09. The molecular formula is C10H21NO. The van der Waals surface area contributed by atoms with Gasteiger partial charge in [0, 0.05) is 6.42 Å². The summed E-state index contributed by atoms with van der Waals surface area (Å²) in [5.74, 6) is 0.714. The molecule has 0 aliphatic rings. The molecule has 0 rings (SSSR count). The van der Waals surface area contributed by atoms with E-state index in [4.69, 9.17) is 5.73 Å². The number of carbonyl (C=O) groups is 1. The maximum absolute atomic E-state index is 11.4. The molecule has 2 unspecified atom stereocenters. The van der Waals surface area contributed by atoms with Crippen molar-refractivity contribution >= 4 is 5.78 Å². The maximum Gasteiger partial charge on any atom is 0.149 e. The summed E-state index contributed by atoms with van der Waals surface area (Å²) in [6.45, 7) is 6.25. The molecule has 0 aromatic rings. The topological polar surface area (TPSA) is 43.1 Å². The number of Topliss-reactive ketones (excluding diaryl/α,β-unsaturated/α-hetero) is 1. The lowest BCUT2D eigenvalue weighted by Crippen LogP contribution is -2.31. The van der Waals surface area contributed by atoms with Crippen LogP contribution in [0.1, 0.15) is 46.5 Å². The van der Waals surface area contributed by atoms with Crippen LogP contribution in [0.4, 0.5) is 0 Å². The Morgan fingerprint density at radius 3 is 2.42 bits per heavy atom. The van der Waals surface area contributed by atoms with Crippen LogP contribution in [0.15, 0.2) is 0 Å². The molecule has 0 aromatic heterocycles. The summed E-state index contributed by atoms with van der Waals surface area (Å²) in [6.07, 6.45) is 3.53. The van der Waals surface area contributed by atoms with Crippen LogP contribution in [0.5, 0.6) is 0 Å². The first-order valence-electron chi connectivity index (χ1n) is 4.90. The quantitative estimate of drug-likeness (QED) is 0.665. The zero-order valence-corrected chi connectivity index (χ0v) is 8.47. The predicted octanol–water partition coefficient (Wildman–Crippen LogP) is 2.12. The molecule has 2 atom stereocenters. The van der Waals surface area contributed by atoms with E-state index in [-0.39, 0.29) is 11.8 Å². The second-order valence-electron chi connectivity index (χ2n) is 3.58. The number of ketones is 1. The van der Waals surface area contributed by atoms with E-state index in [9.17, 15) is 4.79 Å². The van der Waals surface area contributed by atoms with Gasteiger partial charge in [0.1, 0.15) is 5.78 Å². The first-order valence-corrected chi connectivity index (χ1v) is 4.90. The summed E-state index contributed by atoms with van der Waals surface area (Å²) in [7, 11) is 0. The average Bonchev–Trinajstić information content (AvgIpc) is 2.04. The van der Waals surface area contributed by atoms with E-state index >= 15 is 0 Å². The first kappa shape index (κ1) is 11.6. The van der Waals surface area contributed by atoms with Gasteiger partial charge in [-0.05, 0) is 12.3 Å². The summed E-state index contributed by atoms with van der Waals surface area (Å²) in [5, 5.41) is 0. The average molecular weight is 171 g/mol. The van der Waals surface area contributed by atoms with E-state index in [2.05, 4.69) is 20.8 Å². The van der Waals surface area contributed by atoms with Crippen LogP contribution in [-0.4, -0.2) is 11.8 Å². The third-order valence-corrected chi connectivity index (χ3v) is 2.26. The molecule has 0 aromatic carbocycles. The number of nitrogens with two attached hydrogens (primary N) is 1. The molecule has 12 heavy (non-hydrogen) atoms. The summed E-state index contributed by atoms with van der Waals surface area (Å²) in [6, 6.07) is -0.219. The van der Waals surface area contributed by atoms with Gasteiger partial charge in [-0.15, -0.1) is 0 Å². The van der Waals surface area contributed by atoms with Crippen molar-refractivity contribution in [2.75, 3.05) is 0 Å². The number of carbonyl (C=O) groups excluding carboxylic acids is 1. The Morgan fingerprint density at radius 1 is 1.42 bits per heavy atom. The van der Waals surface area contributed by atoms with Crippen molar-refractivity contribution < 1.29 is 4.79 Å². The summed E-state index contributed by atoms with van der Waals surface area (Å²) in [4.78, 5) is 11.4. The zero-order chi connectivity index (χ0) is 9.56. The Bertz CT molecular complexity index is 134. The number of rotatable bonds is 6. The van der Waals surface area contributed by atoms with Crippen molar-refractivity contribution in [2.45, 2.75) is 52.5 Å². The minimum Gasteiger partial charge on any atom is -0.322 e. The molecule has 0 saturated carbocycles. The van der Waals surface area contributed by atoms with Crippen LogP contribution in [0.2, 0.25) is 0 Å². The molecule has 72 valence electrons. The molecule has 0 heterocycles. The lowest BCUT2D eigenvalue weighted by molar-refractivity contribution is -0.121. The van der Waals surface area contributed by atoms with E-state index in [1.165, 1.54) is 0 Å². The molecule has 0 radical (unpaired) electrons. The fourth-order valence-electron chi connectivity index (χ4n) is 1.11. The van der Waals surface area contributed by atoms with Crippen LogP contribution >= 0.6 is 0 Å². The molecule has 0 amide bonds. The highest BCUT2D eigenvalue weighted by atomic mass is 16.1. The number of hydrogen-bond acceptors (Lipinski definition) is 2. The Kier molecular flexibility index (Phi) is 5.99. The van der Waals surface area contributed by atoms with Gasteiger partial charge in [-0.3, -0.25) is 4.79 Å². The van der Waals surface area contributed by atoms with Crippen LogP contribution in [-0.2, 0) is 4.79 Å². The number of hydrogen-bond donors (Lipinski definition) is 1. The molecule has 0 spiro atoms. The van der Waals surface area contributed by atoms with Gasteiger partial charge in [-0.25, -0.2) is 0 Å². The fourth-order valence-corrected chi connectivity index (χ4v) is 1.11. The van der Waals surface area contributed by atoms with Gasteiger partial charge >= 0.3 is 0 Å². The lowest BCUT2D eigenvalue weighted by atomic mass is 9.96. The monoisotopic (exact) mass is 171 g/mol. The zero-order valence-electron chi connectivity index (χ0n) is 8.47. The minimum absolute atomic E-state index is 0.219. The molecule has 2 N–H and O–H groups in total. The van der Waals surface area contributed by atoms with E-state index in [1.807, 2.05) is 0 Å². The van der Waals surface area contributed by atoms with Crippen LogP contribution < -0.4 is 5.73 Å². The molecule has 0 fully saturated rings. The third kappa shape index (κ3) is 4.50. The van der Waals surface area contributed by atoms with E-state index in [1.54, 1.807) is 0 Å². The van der Waals surface area contributed by atoms with Gasteiger partial charge in [0.05, 0.1) is 6.04 Å².